The van der Waals surface area contributed by atoms with Gasteiger partial charge in [-0.25, -0.2) is 0 Å². The van der Waals surface area contributed by atoms with Crippen molar-refractivity contribution in [1.29, 1.82) is 0 Å². The summed E-state index contributed by atoms with van der Waals surface area (Å²) >= 11 is 0. The van der Waals surface area contributed by atoms with Crippen LogP contribution in [-0.4, -0.2) is 49.0 Å². The van der Waals surface area contributed by atoms with Crippen LogP contribution < -0.4 is 14.8 Å². The van der Waals surface area contributed by atoms with Crippen molar-refractivity contribution < 1.29 is 19.7 Å². The molecule has 6 heteroatoms. The quantitative estimate of drug-likeness (QED) is 0.627. The van der Waals surface area contributed by atoms with Crippen molar-refractivity contribution >= 4 is 0 Å². The summed E-state index contributed by atoms with van der Waals surface area (Å²) in [5.74, 6) is 2.82. The van der Waals surface area contributed by atoms with Gasteiger partial charge in [0.05, 0.1) is 14.2 Å². The first-order valence-corrected chi connectivity index (χ1v) is 12.3. The standard InChI is InChI=1S/C27H36N2O4/c1-4-16-15-29-8-6-18-12-26(32-2)25(31)13-21(18)23(29)10-19(16)9-22-20-14-27(33-3)24(30)11-17(20)5-7-28-22/h11-14,16,19,22-23,28,30-31H,4-10,15H2,1-3H3/t16-,19-,22-,23-/m0/s1. The molecule has 0 amide bonds. The van der Waals surface area contributed by atoms with E-state index < -0.39 is 0 Å². The monoisotopic (exact) mass is 452 g/mol. The minimum absolute atomic E-state index is 0.227. The number of ether oxygens (including phenoxy) is 2. The van der Waals surface area contributed by atoms with Crippen LogP contribution in [-0.2, 0) is 12.8 Å². The molecule has 3 N–H and O–H groups in total. The molecule has 33 heavy (non-hydrogen) atoms. The van der Waals surface area contributed by atoms with Gasteiger partial charge in [-0.1, -0.05) is 13.3 Å². The third-order valence-corrected chi connectivity index (χ3v) is 8.23. The molecular weight excluding hydrogens is 416 g/mol. The number of methoxy groups -OCH3 is 2. The van der Waals surface area contributed by atoms with Gasteiger partial charge < -0.3 is 25.0 Å². The highest BCUT2D eigenvalue weighted by Gasteiger charge is 2.40. The maximum Gasteiger partial charge on any atom is 0.160 e. The Kier molecular flexibility index (Phi) is 6.14. The first kappa shape index (κ1) is 22.4. The summed E-state index contributed by atoms with van der Waals surface area (Å²) in [4.78, 5) is 2.63. The van der Waals surface area contributed by atoms with Crippen molar-refractivity contribution in [2.24, 2.45) is 11.8 Å². The van der Waals surface area contributed by atoms with Gasteiger partial charge in [0.2, 0.25) is 0 Å². The molecule has 0 aliphatic carbocycles. The number of phenols is 2. The van der Waals surface area contributed by atoms with Crippen LogP contribution >= 0.6 is 0 Å². The van der Waals surface area contributed by atoms with Crippen molar-refractivity contribution in [3.8, 4) is 23.0 Å². The number of piperidine rings is 1. The lowest BCUT2D eigenvalue weighted by molar-refractivity contribution is 0.0434. The van der Waals surface area contributed by atoms with E-state index >= 15 is 0 Å². The SMILES string of the molecule is CC[C@H]1CN2CCc3cc(OC)c(O)cc3[C@@H]2C[C@@H]1C[C@@H]1NCCc2cc(O)c(OC)cc21. The lowest BCUT2D eigenvalue weighted by atomic mass is 9.72. The minimum Gasteiger partial charge on any atom is -0.504 e. The number of benzene rings is 2. The van der Waals surface area contributed by atoms with Gasteiger partial charge in [0.15, 0.2) is 23.0 Å². The number of hydrogen-bond donors (Lipinski definition) is 3. The van der Waals surface area contributed by atoms with Crippen LogP contribution in [0.15, 0.2) is 24.3 Å². The summed E-state index contributed by atoms with van der Waals surface area (Å²) in [5, 5.41) is 24.5. The van der Waals surface area contributed by atoms with Crippen LogP contribution in [0.3, 0.4) is 0 Å². The number of nitrogens with zero attached hydrogens (tertiary/aromatic N) is 1. The van der Waals surface area contributed by atoms with Gasteiger partial charge in [-0.2, -0.15) is 0 Å². The topological polar surface area (TPSA) is 74.2 Å². The van der Waals surface area contributed by atoms with Crippen LogP contribution in [0.5, 0.6) is 23.0 Å². The summed E-state index contributed by atoms with van der Waals surface area (Å²) in [6, 6.07) is 8.49. The molecule has 0 bridgehead atoms. The number of nitrogens with one attached hydrogen (secondary N) is 1. The second-order valence-electron chi connectivity index (χ2n) is 9.86. The summed E-state index contributed by atoms with van der Waals surface area (Å²) in [6.45, 7) is 5.42. The third kappa shape index (κ3) is 4.04. The van der Waals surface area contributed by atoms with E-state index in [4.69, 9.17) is 9.47 Å². The molecule has 3 aliphatic heterocycles. The predicted octanol–water partition coefficient (Wildman–Crippen LogP) is 4.34. The molecule has 0 unspecified atom stereocenters. The molecule has 5 rings (SSSR count). The Balaban J connectivity index is 1.42. The first-order valence-electron chi connectivity index (χ1n) is 12.3. The maximum atomic E-state index is 10.5. The Hall–Kier alpha value is -2.44. The number of hydrogen-bond acceptors (Lipinski definition) is 6. The highest BCUT2D eigenvalue weighted by molar-refractivity contribution is 5.50. The Morgan fingerprint density at radius 3 is 2.42 bits per heavy atom. The fourth-order valence-electron chi connectivity index (χ4n) is 6.44. The number of aromatic hydroxyl groups is 2. The van der Waals surface area contributed by atoms with Gasteiger partial charge in [-0.3, -0.25) is 4.90 Å². The van der Waals surface area contributed by atoms with E-state index in [2.05, 4.69) is 17.1 Å². The van der Waals surface area contributed by atoms with Gasteiger partial charge in [-0.05, 0) is 90.6 Å². The highest BCUT2D eigenvalue weighted by atomic mass is 16.5. The van der Waals surface area contributed by atoms with Crippen LogP contribution in [0, 0.1) is 11.8 Å². The zero-order valence-corrected chi connectivity index (χ0v) is 19.9. The average molecular weight is 453 g/mol. The van der Waals surface area contributed by atoms with Gasteiger partial charge in [0.25, 0.3) is 0 Å². The van der Waals surface area contributed by atoms with Gasteiger partial charge in [0.1, 0.15) is 0 Å². The van der Waals surface area contributed by atoms with Crippen LogP contribution in [0.2, 0.25) is 0 Å². The van der Waals surface area contributed by atoms with Crippen molar-refractivity contribution in [1.82, 2.24) is 10.2 Å². The Morgan fingerprint density at radius 2 is 1.67 bits per heavy atom. The van der Waals surface area contributed by atoms with Crippen molar-refractivity contribution in [2.45, 2.75) is 51.1 Å². The third-order valence-electron chi connectivity index (χ3n) is 8.23. The van der Waals surface area contributed by atoms with Gasteiger partial charge >= 0.3 is 0 Å². The number of rotatable bonds is 5. The average Bonchev–Trinajstić information content (AvgIpc) is 2.83. The first-order chi connectivity index (χ1) is 16.0. The fraction of sp³-hybridized carbons (Fsp3) is 0.556. The van der Waals surface area contributed by atoms with Crippen LogP contribution in [0.25, 0.3) is 0 Å². The zero-order valence-electron chi connectivity index (χ0n) is 19.9. The van der Waals surface area contributed by atoms with E-state index in [0.29, 0.717) is 29.4 Å². The van der Waals surface area contributed by atoms with E-state index in [1.165, 1.54) is 28.7 Å². The number of fused-ring (bicyclic) bond motifs is 4. The summed E-state index contributed by atoms with van der Waals surface area (Å²) in [6.07, 6.45) is 5.27. The summed E-state index contributed by atoms with van der Waals surface area (Å²) in [7, 11) is 3.23. The lowest BCUT2D eigenvalue weighted by Crippen LogP contribution is -2.46. The largest absolute Gasteiger partial charge is 0.504 e. The zero-order chi connectivity index (χ0) is 23.1. The van der Waals surface area contributed by atoms with E-state index in [0.717, 1.165) is 45.3 Å². The van der Waals surface area contributed by atoms with Crippen molar-refractivity contribution in [2.75, 3.05) is 33.9 Å². The molecule has 178 valence electrons. The molecule has 0 aromatic heterocycles. The smallest absolute Gasteiger partial charge is 0.160 e. The summed E-state index contributed by atoms with van der Waals surface area (Å²) in [5.41, 5.74) is 5.06. The molecule has 4 atom stereocenters. The van der Waals surface area contributed by atoms with Gasteiger partial charge in [0, 0.05) is 25.2 Å². The van der Waals surface area contributed by atoms with E-state index in [-0.39, 0.29) is 17.5 Å². The van der Waals surface area contributed by atoms with Crippen LogP contribution in [0.4, 0.5) is 0 Å². The fourth-order valence-corrected chi connectivity index (χ4v) is 6.44. The normalized spacial score (nSPS) is 26.8. The Morgan fingerprint density at radius 1 is 0.939 bits per heavy atom. The molecule has 6 nitrogen and oxygen atoms in total. The van der Waals surface area contributed by atoms with Gasteiger partial charge in [-0.15, -0.1) is 0 Å². The second-order valence-corrected chi connectivity index (χ2v) is 9.86. The minimum atomic E-state index is 0.227. The van der Waals surface area contributed by atoms with Crippen molar-refractivity contribution in [3.63, 3.8) is 0 Å². The highest BCUT2D eigenvalue weighted by Crippen LogP contribution is 2.47. The summed E-state index contributed by atoms with van der Waals surface area (Å²) < 4.78 is 10.8. The molecule has 2 aromatic carbocycles. The molecule has 0 saturated carbocycles. The molecule has 2 aromatic rings. The molecule has 3 aliphatic rings. The molecule has 1 fully saturated rings. The molecular formula is C27H36N2O4. The molecule has 0 radical (unpaired) electrons. The van der Waals surface area contributed by atoms with Crippen LogP contribution in [0.1, 0.15) is 60.5 Å². The number of phenolic OH excluding ortho intramolecular Hbond substituents is 2. The second kappa shape index (κ2) is 9.07. The Bertz CT molecular complexity index is 1020. The maximum absolute atomic E-state index is 10.5. The lowest BCUT2D eigenvalue weighted by Gasteiger charge is -2.48. The molecule has 3 heterocycles. The van der Waals surface area contributed by atoms with Crippen molar-refractivity contribution in [3.05, 3.63) is 46.5 Å². The molecule has 1 saturated heterocycles. The van der Waals surface area contributed by atoms with E-state index in [9.17, 15) is 10.2 Å². The van der Waals surface area contributed by atoms with E-state index in [1.54, 1.807) is 14.2 Å². The van der Waals surface area contributed by atoms with E-state index in [1.807, 2.05) is 24.3 Å². The Labute approximate surface area is 196 Å². The predicted molar refractivity (Wildman–Crippen MR) is 128 cm³/mol. The molecule has 0 spiro atoms.